The topological polar surface area (TPSA) is 41.3 Å². The van der Waals surface area contributed by atoms with Gasteiger partial charge in [-0.1, -0.05) is 35.1 Å². The molecule has 0 aromatic heterocycles. The highest BCUT2D eigenvalue weighted by Gasteiger charge is 2.24. The number of halogens is 1. The second-order valence-corrected chi connectivity index (χ2v) is 6.69. The van der Waals surface area contributed by atoms with Crippen LogP contribution in [0.3, 0.4) is 0 Å². The third-order valence-electron chi connectivity index (χ3n) is 3.70. The van der Waals surface area contributed by atoms with Crippen molar-refractivity contribution in [2.75, 3.05) is 25.5 Å². The van der Waals surface area contributed by atoms with Crippen molar-refractivity contribution < 1.29 is 0 Å². The maximum Gasteiger partial charge on any atom is 0.106 e. The fourth-order valence-electron chi connectivity index (χ4n) is 2.61. The van der Waals surface area contributed by atoms with E-state index in [0.717, 1.165) is 35.2 Å². The Labute approximate surface area is 128 Å². The Bertz CT molecular complexity index is 478. The lowest BCUT2D eigenvalue weighted by molar-refractivity contribution is 0.206. The van der Waals surface area contributed by atoms with Gasteiger partial charge in [-0.25, -0.2) is 0 Å². The number of hydrogen-bond acceptors (Lipinski definition) is 3. The van der Waals surface area contributed by atoms with Crippen LogP contribution in [-0.4, -0.2) is 36.1 Å². The van der Waals surface area contributed by atoms with Crippen LogP contribution >= 0.6 is 28.1 Å². The van der Waals surface area contributed by atoms with Crippen molar-refractivity contribution in [3.63, 3.8) is 0 Å². The molecule has 1 aliphatic rings. The van der Waals surface area contributed by atoms with Crippen molar-refractivity contribution in [3.8, 4) is 0 Å². The Kier molecular flexibility index (Phi) is 4.81. The zero-order chi connectivity index (χ0) is 14.0. The van der Waals surface area contributed by atoms with Crippen molar-refractivity contribution >= 4 is 38.8 Å². The summed E-state index contributed by atoms with van der Waals surface area (Å²) in [5, 5.41) is 3.61. The molecule has 19 heavy (non-hydrogen) atoms. The van der Waals surface area contributed by atoms with Crippen molar-refractivity contribution in [2.45, 2.75) is 19.4 Å². The van der Waals surface area contributed by atoms with Gasteiger partial charge in [0.25, 0.3) is 0 Å². The second-order valence-electron chi connectivity index (χ2n) is 5.33. The minimum absolute atomic E-state index is 0.435. The van der Waals surface area contributed by atoms with E-state index < -0.39 is 0 Å². The Morgan fingerprint density at radius 2 is 2.26 bits per heavy atom. The van der Waals surface area contributed by atoms with Crippen LogP contribution in [0.4, 0.5) is 5.69 Å². The normalized spacial score (nSPS) is 24.2. The number of benzene rings is 1. The van der Waals surface area contributed by atoms with Crippen LogP contribution in [0.1, 0.15) is 18.9 Å². The average molecular weight is 342 g/mol. The molecule has 1 aromatic carbocycles. The molecule has 3 N–H and O–H groups in total. The summed E-state index contributed by atoms with van der Waals surface area (Å²) in [4.78, 5) is 2.81. The van der Waals surface area contributed by atoms with Gasteiger partial charge >= 0.3 is 0 Å². The van der Waals surface area contributed by atoms with Crippen molar-refractivity contribution in [1.82, 2.24) is 4.90 Å². The standard InChI is InChI=1S/C14H20BrN3S/c1-9-8-18(2)6-5-12(9)17-13-4-3-10(15)7-11(13)14(16)19/h3-4,7,9,12,17H,5-6,8H2,1-2H3,(H2,16,19). The number of nitrogens with one attached hydrogen (secondary N) is 1. The monoisotopic (exact) mass is 341 g/mol. The summed E-state index contributed by atoms with van der Waals surface area (Å²) in [6.45, 7) is 4.53. The summed E-state index contributed by atoms with van der Waals surface area (Å²) in [5.74, 6) is 0.613. The van der Waals surface area contributed by atoms with Crippen molar-refractivity contribution in [2.24, 2.45) is 11.7 Å². The van der Waals surface area contributed by atoms with Crippen LogP contribution in [0.5, 0.6) is 0 Å². The van der Waals surface area contributed by atoms with E-state index in [4.69, 9.17) is 18.0 Å². The molecule has 2 rings (SSSR count). The second kappa shape index (κ2) is 6.20. The van der Waals surface area contributed by atoms with Crippen LogP contribution in [0.2, 0.25) is 0 Å². The van der Waals surface area contributed by atoms with Crippen molar-refractivity contribution in [1.29, 1.82) is 0 Å². The molecule has 5 heteroatoms. The minimum atomic E-state index is 0.435. The van der Waals surface area contributed by atoms with E-state index in [0.29, 0.717) is 16.9 Å². The smallest absolute Gasteiger partial charge is 0.106 e. The van der Waals surface area contributed by atoms with Crippen molar-refractivity contribution in [3.05, 3.63) is 28.2 Å². The Morgan fingerprint density at radius 1 is 1.53 bits per heavy atom. The molecule has 0 spiro atoms. The lowest BCUT2D eigenvalue weighted by atomic mass is 9.93. The molecule has 1 saturated heterocycles. The molecule has 1 heterocycles. The minimum Gasteiger partial charge on any atom is -0.389 e. The first-order chi connectivity index (χ1) is 8.97. The number of nitrogens with two attached hydrogens (primary N) is 1. The molecule has 0 bridgehead atoms. The number of piperidine rings is 1. The number of anilines is 1. The molecule has 2 unspecified atom stereocenters. The van der Waals surface area contributed by atoms with Gasteiger partial charge in [0.2, 0.25) is 0 Å². The number of rotatable bonds is 3. The highest BCUT2D eigenvalue weighted by molar-refractivity contribution is 9.10. The van der Waals surface area contributed by atoms with E-state index in [-0.39, 0.29) is 0 Å². The van der Waals surface area contributed by atoms with E-state index in [1.54, 1.807) is 0 Å². The summed E-state index contributed by atoms with van der Waals surface area (Å²) in [7, 11) is 2.17. The fraction of sp³-hybridized carbons (Fsp3) is 0.500. The van der Waals surface area contributed by atoms with Crippen LogP contribution in [0.25, 0.3) is 0 Å². The Balaban J connectivity index is 2.17. The number of hydrogen-bond donors (Lipinski definition) is 2. The first-order valence-electron chi connectivity index (χ1n) is 6.52. The highest BCUT2D eigenvalue weighted by Crippen LogP contribution is 2.25. The highest BCUT2D eigenvalue weighted by atomic mass is 79.9. The van der Waals surface area contributed by atoms with E-state index in [9.17, 15) is 0 Å². The molecular weight excluding hydrogens is 322 g/mol. The van der Waals surface area contributed by atoms with Gasteiger partial charge in [-0.3, -0.25) is 0 Å². The molecule has 0 saturated carbocycles. The van der Waals surface area contributed by atoms with E-state index in [1.807, 2.05) is 18.2 Å². The lowest BCUT2D eigenvalue weighted by Crippen LogP contribution is -2.43. The number of likely N-dealkylation sites (tertiary alicyclic amines) is 1. The molecule has 104 valence electrons. The summed E-state index contributed by atoms with van der Waals surface area (Å²) in [6.07, 6.45) is 1.14. The Hall–Kier alpha value is -0.650. The lowest BCUT2D eigenvalue weighted by Gasteiger charge is -2.36. The van der Waals surface area contributed by atoms with E-state index in [2.05, 4.69) is 40.1 Å². The van der Waals surface area contributed by atoms with Crippen LogP contribution < -0.4 is 11.1 Å². The third kappa shape index (κ3) is 3.68. The zero-order valence-corrected chi connectivity index (χ0v) is 13.7. The summed E-state index contributed by atoms with van der Waals surface area (Å²) in [5.41, 5.74) is 7.76. The van der Waals surface area contributed by atoms with Gasteiger partial charge < -0.3 is 16.0 Å². The molecular formula is C14H20BrN3S. The van der Waals surface area contributed by atoms with Gasteiger partial charge in [0, 0.05) is 28.3 Å². The zero-order valence-electron chi connectivity index (χ0n) is 11.3. The first kappa shape index (κ1) is 14.8. The summed E-state index contributed by atoms with van der Waals surface area (Å²) >= 11 is 8.59. The van der Waals surface area contributed by atoms with E-state index >= 15 is 0 Å². The molecule has 1 aromatic rings. The SMILES string of the molecule is CC1CN(C)CCC1Nc1ccc(Br)cc1C(N)=S. The molecule has 1 fully saturated rings. The quantitative estimate of drug-likeness (QED) is 0.829. The van der Waals surface area contributed by atoms with Gasteiger partial charge in [-0.05, 0) is 44.1 Å². The maximum atomic E-state index is 5.81. The molecule has 0 amide bonds. The molecule has 0 radical (unpaired) electrons. The summed E-state index contributed by atoms with van der Waals surface area (Å²) < 4.78 is 0.997. The van der Waals surface area contributed by atoms with Gasteiger partial charge in [-0.2, -0.15) is 0 Å². The van der Waals surface area contributed by atoms with Gasteiger partial charge in [-0.15, -0.1) is 0 Å². The van der Waals surface area contributed by atoms with E-state index in [1.165, 1.54) is 0 Å². The molecule has 3 nitrogen and oxygen atoms in total. The van der Waals surface area contributed by atoms with Crippen LogP contribution in [0.15, 0.2) is 22.7 Å². The molecule has 2 atom stereocenters. The van der Waals surface area contributed by atoms with Gasteiger partial charge in [0.05, 0.1) is 0 Å². The number of thiocarbonyl (C=S) groups is 1. The molecule has 0 aliphatic carbocycles. The third-order valence-corrected chi connectivity index (χ3v) is 4.41. The fourth-order valence-corrected chi connectivity index (χ4v) is 3.14. The largest absolute Gasteiger partial charge is 0.389 e. The van der Waals surface area contributed by atoms with Crippen LogP contribution in [-0.2, 0) is 0 Å². The predicted molar refractivity (Wildman–Crippen MR) is 88.7 cm³/mol. The summed E-state index contributed by atoms with van der Waals surface area (Å²) in [6, 6.07) is 6.52. The first-order valence-corrected chi connectivity index (χ1v) is 7.72. The van der Waals surface area contributed by atoms with Gasteiger partial charge in [0.1, 0.15) is 4.99 Å². The predicted octanol–water partition coefficient (Wildman–Crippen LogP) is 2.84. The maximum absolute atomic E-state index is 5.81. The average Bonchev–Trinajstić information content (AvgIpc) is 2.34. The van der Waals surface area contributed by atoms with Gasteiger partial charge in [0.15, 0.2) is 0 Å². The molecule has 1 aliphatic heterocycles. The van der Waals surface area contributed by atoms with Crippen LogP contribution in [0, 0.1) is 5.92 Å². The number of nitrogens with zero attached hydrogens (tertiary/aromatic N) is 1. The Morgan fingerprint density at radius 3 is 2.89 bits per heavy atom.